The number of benzene rings is 1. The third-order valence-electron chi connectivity index (χ3n) is 1.46. The predicted molar refractivity (Wildman–Crippen MR) is 52.6 cm³/mol. The summed E-state index contributed by atoms with van der Waals surface area (Å²) in [6, 6.07) is 7.12. The molecule has 0 fully saturated rings. The molecule has 0 saturated heterocycles. The Morgan fingerprint density at radius 2 is 1.85 bits per heavy atom. The first-order valence-electron chi connectivity index (χ1n) is 3.65. The first kappa shape index (κ1) is 11.6. The van der Waals surface area contributed by atoms with E-state index >= 15 is 0 Å². The molecule has 0 aliphatic carbocycles. The highest BCUT2D eigenvalue weighted by atomic mass is 16.1. The summed E-state index contributed by atoms with van der Waals surface area (Å²) in [7, 11) is 0. The van der Waals surface area contributed by atoms with Crippen molar-refractivity contribution in [3.8, 4) is 0 Å². The summed E-state index contributed by atoms with van der Waals surface area (Å²) in [5, 5.41) is 0. The van der Waals surface area contributed by atoms with E-state index in [1.165, 1.54) is 6.92 Å². The van der Waals surface area contributed by atoms with Crippen LogP contribution in [0, 0.1) is 0 Å². The van der Waals surface area contributed by atoms with E-state index in [2.05, 4.69) is 17.1 Å². The molecule has 0 spiro atoms. The normalized spacial score (nSPS) is 8.31. The third kappa shape index (κ3) is 3.20. The van der Waals surface area contributed by atoms with Crippen molar-refractivity contribution in [1.82, 2.24) is 0 Å². The molecule has 72 valence electrons. The van der Waals surface area contributed by atoms with Gasteiger partial charge in [0.25, 0.3) is 0 Å². The van der Waals surface area contributed by atoms with Gasteiger partial charge >= 0.3 is 0 Å². The molecular weight excluding hydrogens is 168 g/mol. The second-order valence-electron chi connectivity index (χ2n) is 2.25. The molecule has 5 nitrogen and oxygen atoms in total. The van der Waals surface area contributed by atoms with Gasteiger partial charge in [-0.1, -0.05) is 12.1 Å². The number of ketones is 1. The number of nitrogens with two attached hydrogens (primary N) is 3. The number of anilines is 1. The lowest BCUT2D eigenvalue weighted by molar-refractivity contribution is 0.101. The fourth-order valence-corrected chi connectivity index (χ4v) is 0.916. The van der Waals surface area contributed by atoms with Gasteiger partial charge in [-0.2, -0.15) is 0 Å². The Kier molecular flexibility index (Phi) is 5.45. The molecular formula is C8H14N4O. The maximum atomic E-state index is 10.9. The Labute approximate surface area is 76.8 Å². The van der Waals surface area contributed by atoms with Crippen LogP contribution in [0.4, 0.5) is 5.69 Å². The van der Waals surface area contributed by atoms with E-state index in [1.807, 2.05) is 6.07 Å². The highest BCUT2D eigenvalue weighted by molar-refractivity contribution is 5.99. The van der Waals surface area contributed by atoms with Crippen molar-refractivity contribution >= 4 is 11.5 Å². The van der Waals surface area contributed by atoms with Gasteiger partial charge in [0.2, 0.25) is 0 Å². The summed E-state index contributed by atoms with van der Waals surface area (Å²) in [6.07, 6.45) is 0. The molecule has 0 radical (unpaired) electrons. The zero-order chi connectivity index (χ0) is 10.3. The van der Waals surface area contributed by atoms with Crippen LogP contribution in [-0.4, -0.2) is 5.78 Å². The smallest absolute Gasteiger partial charge is 0.161 e. The molecule has 13 heavy (non-hydrogen) atoms. The molecule has 0 atom stereocenters. The maximum Gasteiger partial charge on any atom is 0.161 e. The molecule has 1 aromatic rings. The molecule has 1 aromatic carbocycles. The Morgan fingerprint density at radius 3 is 2.23 bits per heavy atom. The maximum absolute atomic E-state index is 10.9. The van der Waals surface area contributed by atoms with Crippen LogP contribution >= 0.6 is 0 Å². The van der Waals surface area contributed by atoms with Crippen LogP contribution in [-0.2, 0) is 0 Å². The Bertz CT molecular complexity index is 275. The van der Waals surface area contributed by atoms with Crippen LogP contribution in [0.2, 0.25) is 0 Å². The number of carbonyl (C=O) groups is 1. The van der Waals surface area contributed by atoms with Crippen LogP contribution < -0.4 is 23.0 Å². The summed E-state index contributed by atoms with van der Waals surface area (Å²) in [5.74, 6) is 13.2. The topological polar surface area (TPSA) is 107 Å². The number of nitrogen functional groups attached to an aromatic ring is 1. The lowest BCUT2D eigenvalue weighted by atomic mass is 10.1. The van der Waals surface area contributed by atoms with Gasteiger partial charge in [-0.05, 0) is 19.1 Å². The Hall–Kier alpha value is -1.43. The standard InChI is InChI=1S/C8H10N2O.H4N2/c1-6(11)7-4-2-3-5-8(7)10-9;1-2/h2-5,10H,9H2,1H3;1-2H2. The van der Waals surface area contributed by atoms with Gasteiger partial charge in [0.1, 0.15) is 0 Å². The van der Waals surface area contributed by atoms with E-state index in [-0.39, 0.29) is 5.78 Å². The average molecular weight is 182 g/mol. The van der Waals surface area contributed by atoms with Gasteiger partial charge in [0, 0.05) is 5.56 Å². The monoisotopic (exact) mass is 182 g/mol. The molecule has 7 N–H and O–H groups in total. The Morgan fingerprint density at radius 1 is 1.31 bits per heavy atom. The van der Waals surface area contributed by atoms with Gasteiger partial charge in [-0.15, -0.1) is 0 Å². The first-order chi connectivity index (χ1) is 6.25. The molecule has 0 heterocycles. The molecule has 0 bridgehead atoms. The minimum Gasteiger partial charge on any atom is -0.323 e. The van der Waals surface area contributed by atoms with Crippen LogP contribution in [0.5, 0.6) is 0 Å². The molecule has 0 aliphatic heterocycles. The van der Waals surface area contributed by atoms with E-state index in [0.717, 1.165) is 0 Å². The van der Waals surface area contributed by atoms with Gasteiger partial charge in [-0.25, -0.2) is 0 Å². The van der Waals surface area contributed by atoms with Gasteiger partial charge in [-0.3, -0.25) is 22.3 Å². The number of para-hydroxylation sites is 1. The van der Waals surface area contributed by atoms with E-state index < -0.39 is 0 Å². The summed E-state index contributed by atoms with van der Waals surface area (Å²) in [4.78, 5) is 10.9. The number of carbonyl (C=O) groups excluding carboxylic acids is 1. The van der Waals surface area contributed by atoms with E-state index in [4.69, 9.17) is 5.84 Å². The SMILES string of the molecule is CC(=O)c1ccccc1NN.NN. The zero-order valence-electron chi connectivity index (χ0n) is 7.45. The number of hydrogen-bond acceptors (Lipinski definition) is 5. The minimum atomic E-state index is 0.0125. The van der Waals surface area contributed by atoms with E-state index in [9.17, 15) is 4.79 Å². The largest absolute Gasteiger partial charge is 0.323 e. The Balaban J connectivity index is 0.000000671. The number of nitrogens with one attached hydrogen (secondary N) is 1. The second kappa shape index (κ2) is 6.13. The van der Waals surface area contributed by atoms with Crippen LogP contribution in [0.3, 0.4) is 0 Å². The van der Waals surface area contributed by atoms with Crippen molar-refractivity contribution < 1.29 is 4.79 Å². The van der Waals surface area contributed by atoms with Crippen molar-refractivity contribution in [1.29, 1.82) is 0 Å². The summed E-state index contributed by atoms with van der Waals surface area (Å²) >= 11 is 0. The third-order valence-corrected chi connectivity index (χ3v) is 1.46. The van der Waals surface area contributed by atoms with Crippen LogP contribution in [0.1, 0.15) is 17.3 Å². The predicted octanol–water partition coefficient (Wildman–Crippen LogP) is -0.00640. The first-order valence-corrected chi connectivity index (χ1v) is 3.65. The summed E-state index contributed by atoms with van der Waals surface area (Å²) in [5.41, 5.74) is 3.74. The lowest BCUT2D eigenvalue weighted by Gasteiger charge is -2.03. The fourth-order valence-electron chi connectivity index (χ4n) is 0.916. The van der Waals surface area contributed by atoms with Gasteiger partial charge in [0.05, 0.1) is 5.69 Å². The van der Waals surface area contributed by atoms with Gasteiger partial charge < -0.3 is 5.43 Å². The molecule has 0 aromatic heterocycles. The lowest BCUT2D eigenvalue weighted by Crippen LogP contribution is -2.10. The molecule has 5 heteroatoms. The highest BCUT2D eigenvalue weighted by Crippen LogP contribution is 2.13. The summed E-state index contributed by atoms with van der Waals surface area (Å²) < 4.78 is 0. The highest BCUT2D eigenvalue weighted by Gasteiger charge is 2.02. The number of rotatable bonds is 2. The number of hydrogen-bond donors (Lipinski definition) is 4. The second-order valence-corrected chi connectivity index (χ2v) is 2.25. The molecule has 1 rings (SSSR count). The average Bonchev–Trinajstić information content (AvgIpc) is 2.20. The van der Waals surface area contributed by atoms with Crippen molar-refractivity contribution in [2.45, 2.75) is 6.92 Å². The fraction of sp³-hybridized carbons (Fsp3) is 0.125. The molecule has 0 saturated carbocycles. The van der Waals surface area contributed by atoms with Crippen molar-refractivity contribution in [3.05, 3.63) is 29.8 Å². The van der Waals surface area contributed by atoms with E-state index in [0.29, 0.717) is 11.3 Å². The van der Waals surface area contributed by atoms with Crippen LogP contribution in [0.25, 0.3) is 0 Å². The van der Waals surface area contributed by atoms with Crippen LogP contribution in [0.15, 0.2) is 24.3 Å². The van der Waals surface area contributed by atoms with Crippen molar-refractivity contribution in [2.75, 3.05) is 5.43 Å². The minimum absolute atomic E-state index is 0.0125. The quantitative estimate of drug-likeness (QED) is 0.292. The molecule has 0 unspecified atom stereocenters. The van der Waals surface area contributed by atoms with Crippen molar-refractivity contribution in [2.24, 2.45) is 17.5 Å². The van der Waals surface area contributed by atoms with Gasteiger partial charge in [0.15, 0.2) is 5.78 Å². The molecule has 0 amide bonds. The zero-order valence-corrected chi connectivity index (χ0v) is 7.45. The summed E-state index contributed by atoms with van der Waals surface area (Å²) in [6.45, 7) is 1.51. The van der Waals surface area contributed by atoms with E-state index in [1.54, 1.807) is 18.2 Å². The number of Topliss-reactive ketones (excluding diaryl/α,β-unsaturated/α-hetero) is 1. The number of hydrazine groups is 2. The van der Waals surface area contributed by atoms with Crippen molar-refractivity contribution in [3.63, 3.8) is 0 Å². The molecule has 0 aliphatic rings.